The Labute approximate surface area is 144 Å². The van der Waals surface area contributed by atoms with Gasteiger partial charge in [-0.3, -0.25) is 0 Å². The highest BCUT2D eigenvalue weighted by atomic mass is 16.3. The number of aryl methyl sites for hydroxylation is 1. The van der Waals surface area contributed by atoms with Gasteiger partial charge in [-0.15, -0.1) is 0 Å². The van der Waals surface area contributed by atoms with Crippen LogP contribution in [0, 0.1) is 0 Å². The predicted octanol–water partition coefficient (Wildman–Crippen LogP) is 2.21. The van der Waals surface area contributed by atoms with E-state index < -0.39 is 0 Å². The van der Waals surface area contributed by atoms with E-state index in [1.165, 1.54) is 54.6 Å². The maximum atomic E-state index is 10.1. The van der Waals surface area contributed by atoms with E-state index in [1.54, 1.807) is 0 Å². The van der Waals surface area contributed by atoms with Crippen LogP contribution in [0.5, 0.6) is 0 Å². The topological polar surface area (TPSA) is 31.6 Å². The Morgan fingerprint density at radius 3 is 2.58 bits per heavy atom. The Kier molecular flexibility index (Phi) is 4.61. The lowest BCUT2D eigenvalue weighted by atomic mass is 10.0. The van der Waals surface area contributed by atoms with Crippen molar-refractivity contribution < 1.29 is 5.11 Å². The lowest BCUT2D eigenvalue weighted by Gasteiger charge is -2.26. The second-order valence-corrected chi connectivity index (χ2v) is 7.42. The number of benzene rings is 1. The SMILES string of the molecule is Cn1c2c(c3ccccc31)CCN(CCN1CCCC1)CC2CO. The summed E-state index contributed by atoms with van der Waals surface area (Å²) in [5, 5.41) is 11.4. The molecule has 0 spiro atoms. The van der Waals surface area contributed by atoms with Crippen LogP contribution in [0.25, 0.3) is 10.9 Å². The highest BCUT2D eigenvalue weighted by Crippen LogP contribution is 2.33. The summed E-state index contributed by atoms with van der Waals surface area (Å²) in [5.74, 6) is 0.221. The van der Waals surface area contributed by atoms with Crippen LogP contribution >= 0.6 is 0 Å². The molecule has 4 nitrogen and oxygen atoms in total. The van der Waals surface area contributed by atoms with Crippen LogP contribution < -0.4 is 0 Å². The first kappa shape index (κ1) is 16.1. The standard InChI is InChI=1S/C20H29N3O/c1-21-19-7-3-2-6-17(19)18-8-11-23(14-16(15-24)20(18)21)13-12-22-9-4-5-10-22/h2-3,6-7,16,24H,4-5,8-15H2,1H3. The van der Waals surface area contributed by atoms with Crippen LogP contribution in [-0.4, -0.2) is 65.3 Å². The molecule has 0 aliphatic carbocycles. The van der Waals surface area contributed by atoms with Crippen molar-refractivity contribution in [3.05, 3.63) is 35.5 Å². The number of likely N-dealkylation sites (tertiary alicyclic amines) is 1. The number of fused-ring (bicyclic) bond motifs is 3. The van der Waals surface area contributed by atoms with Crippen molar-refractivity contribution in [3.8, 4) is 0 Å². The van der Waals surface area contributed by atoms with Crippen LogP contribution in [0.4, 0.5) is 0 Å². The minimum atomic E-state index is 0.221. The third kappa shape index (κ3) is 2.87. The summed E-state index contributed by atoms with van der Waals surface area (Å²) in [6.07, 6.45) is 3.81. The third-order valence-corrected chi connectivity index (χ3v) is 5.96. The zero-order chi connectivity index (χ0) is 16.5. The minimum absolute atomic E-state index is 0.221. The Bertz CT molecular complexity index is 702. The van der Waals surface area contributed by atoms with Crippen molar-refractivity contribution in [3.63, 3.8) is 0 Å². The quantitative estimate of drug-likeness (QED) is 0.934. The van der Waals surface area contributed by atoms with Gasteiger partial charge in [-0.05, 0) is 44.0 Å². The molecule has 130 valence electrons. The molecule has 24 heavy (non-hydrogen) atoms. The van der Waals surface area contributed by atoms with E-state index in [0.29, 0.717) is 0 Å². The summed E-state index contributed by atoms with van der Waals surface area (Å²) in [4.78, 5) is 5.15. The average molecular weight is 327 g/mol. The zero-order valence-electron chi connectivity index (χ0n) is 14.7. The van der Waals surface area contributed by atoms with E-state index >= 15 is 0 Å². The number of hydrogen-bond donors (Lipinski definition) is 1. The van der Waals surface area contributed by atoms with E-state index in [9.17, 15) is 5.11 Å². The summed E-state index contributed by atoms with van der Waals surface area (Å²) in [5.41, 5.74) is 4.10. The summed E-state index contributed by atoms with van der Waals surface area (Å²) in [6.45, 7) is 7.14. The van der Waals surface area contributed by atoms with Crippen molar-refractivity contribution in [2.24, 2.45) is 7.05 Å². The second kappa shape index (κ2) is 6.87. The first-order valence-corrected chi connectivity index (χ1v) is 9.39. The van der Waals surface area contributed by atoms with Gasteiger partial charge in [0.25, 0.3) is 0 Å². The Hall–Kier alpha value is -1.36. The molecule has 3 heterocycles. The molecule has 2 aliphatic heterocycles. The van der Waals surface area contributed by atoms with E-state index in [2.05, 4.69) is 45.7 Å². The molecule has 1 fully saturated rings. The van der Waals surface area contributed by atoms with Crippen molar-refractivity contribution >= 4 is 10.9 Å². The van der Waals surface area contributed by atoms with Gasteiger partial charge in [0.1, 0.15) is 0 Å². The van der Waals surface area contributed by atoms with Gasteiger partial charge < -0.3 is 19.5 Å². The molecule has 1 unspecified atom stereocenters. The van der Waals surface area contributed by atoms with Gasteiger partial charge in [-0.25, -0.2) is 0 Å². The Morgan fingerprint density at radius 2 is 1.79 bits per heavy atom. The molecule has 2 aliphatic rings. The molecule has 0 radical (unpaired) electrons. The van der Waals surface area contributed by atoms with Crippen LogP contribution in [0.1, 0.15) is 30.0 Å². The van der Waals surface area contributed by atoms with Crippen molar-refractivity contribution in [1.82, 2.24) is 14.4 Å². The second-order valence-electron chi connectivity index (χ2n) is 7.42. The maximum absolute atomic E-state index is 10.1. The van der Waals surface area contributed by atoms with E-state index in [4.69, 9.17) is 0 Å². The highest BCUT2D eigenvalue weighted by molar-refractivity contribution is 5.86. The number of hydrogen-bond acceptors (Lipinski definition) is 3. The van der Waals surface area contributed by atoms with Gasteiger partial charge in [-0.2, -0.15) is 0 Å². The lowest BCUT2D eigenvalue weighted by molar-refractivity contribution is 0.187. The van der Waals surface area contributed by atoms with Gasteiger partial charge in [0.2, 0.25) is 0 Å². The number of nitrogens with zero attached hydrogens (tertiary/aromatic N) is 3. The largest absolute Gasteiger partial charge is 0.396 e. The minimum Gasteiger partial charge on any atom is -0.396 e. The Balaban J connectivity index is 1.56. The molecule has 1 aromatic carbocycles. The maximum Gasteiger partial charge on any atom is 0.0526 e. The fourth-order valence-corrected chi connectivity index (χ4v) is 4.67. The van der Waals surface area contributed by atoms with Crippen molar-refractivity contribution in [2.45, 2.75) is 25.2 Å². The Morgan fingerprint density at radius 1 is 1.04 bits per heavy atom. The molecular weight excluding hydrogens is 298 g/mol. The molecule has 2 aromatic rings. The molecule has 1 saturated heterocycles. The van der Waals surface area contributed by atoms with E-state index in [0.717, 1.165) is 26.1 Å². The molecular formula is C20H29N3O. The molecule has 4 heteroatoms. The van der Waals surface area contributed by atoms with Crippen molar-refractivity contribution in [1.29, 1.82) is 0 Å². The highest BCUT2D eigenvalue weighted by Gasteiger charge is 2.27. The fraction of sp³-hybridized carbons (Fsp3) is 0.600. The summed E-state index contributed by atoms with van der Waals surface area (Å²) in [6, 6.07) is 8.68. The van der Waals surface area contributed by atoms with Gasteiger partial charge in [0.05, 0.1) is 6.61 Å². The summed E-state index contributed by atoms with van der Waals surface area (Å²) >= 11 is 0. The van der Waals surface area contributed by atoms with Crippen molar-refractivity contribution in [2.75, 3.05) is 45.9 Å². The normalized spacial score (nSPS) is 22.8. The monoisotopic (exact) mass is 327 g/mol. The molecule has 1 N–H and O–H groups in total. The predicted molar refractivity (Wildman–Crippen MR) is 98.6 cm³/mol. The van der Waals surface area contributed by atoms with Crippen LogP contribution in [0.3, 0.4) is 0 Å². The smallest absolute Gasteiger partial charge is 0.0526 e. The zero-order valence-corrected chi connectivity index (χ0v) is 14.7. The number of aliphatic hydroxyl groups excluding tert-OH is 1. The fourth-order valence-electron chi connectivity index (χ4n) is 4.67. The number of aromatic nitrogens is 1. The number of aliphatic hydroxyl groups is 1. The molecule has 1 aromatic heterocycles. The van der Waals surface area contributed by atoms with Gasteiger partial charge in [-0.1, -0.05) is 18.2 Å². The lowest BCUT2D eigenvalue weighted by Crippen LogP contribution is -2.37. The average Bonchev–Trinajstić information content (AvgIpc) is 3.17. The molecule has 1 atom stereocenters. The molecule has 4 rings (SSSR count). The van der Waals surface area contributed by atoms with Gasteiger partial charge in [0.15, 0.2) is 0 Å². The number of rotatable bonds is 4. The molecule has 0 bridgehead atoms. The van der Waals surface area contributed by atoms with Gasteiger partial charge in [0, 0.05) is 55.7 Å². The van der Waals surface area contributed by atoms with E-state index in [-0.39, 0.29) is 12.5 Å². The van der Waals surface area contributed by atoms with Crippen LogP contribution in [-0.2, 0) is 13.5 Å². The van der Waals surface area contributed by atoms with Gasteiger partial charge >= 0.3 is 0 Å². The van der Waals surface area contributed by atoms with E-state index in [1.807, 2.05) is 0 Å². The molecule has 0 saturated carbocycles. The first-order valence-electron chi connectivity index (χ1n) is 9.39. The third-order valence-electron chi connectivity index (χ3n) is 5.96. The van der Waals surface area contributed by atoms with Crippen LogP contribution in [0.2, 0.25) is 0 Å². The summed E-state index contributed by atoms with van der Waals surface area (Å²) < 4.78 is 2.32. The first-order chi connectivity index (χ1) is 11.8. The molecule has 0 amide bonds. The number of para-hydroxylation sites is 1. The summed E-state index contributed by atoms with van der Waals surface area (Å²) in [7, 11) is 2.16. The van der Waals surface area contributed by atoms with Crippen LogP contribution in [0.15, 0.2) is 24.3 Å².